The number of anilines is 1. The van der Waals surface area contributed by atoms with Gasteiger partial charge in [-0.15, -0.1) is 0 Å². The average Bonchev–Trinajstić information content (AvgIpc) is 2.41. The number of carbonyl (C=O) groups excluding carboxylic acids is 2. The molecule has 0 atom stereocenters. The number of ketones is 1. The summed E-state index contributed by atoms with van der Waals surface area (Å²) >= 11 is 0. The van der Waals surface area contributed by atoms with Crippen LogP contribution in [0.1, 0.15) is 10.4 Å². The summed E-state index contributed by atoms with van der Waals surface area (Å²) in [5.41, 5.74) is 0.134. The zero-order valence-electron chi connectivity index (χ0n) is 8.68. The van der Waals surface area contributed by atoms with Crippen LogP contribution in [0.4, 0.5) is 5.69 Å². The topological polar surface area (TPSA) is 135 Å². The molecule has 1 aliphatic heterocycles. The SMILES string of the molecule is O.O=C1Nc2ccc(S(=O)(=O)[O-])cc2C1=O.[Na+]. The normalized spacial score (nSPS) is 13.2. The predicted molar refractivity (Wildman–Crippen MR) is 51.0 cm³/mol. The quantitative estimate of drug-likeness (QED) is 0.313. The van der Waals surface area contributed by atoms with E-state index in [0.717, 1.165) is 12.1 Å². The van der Waals surface area contributed by atoms with Gasteiger partial charge in [0.1, 0.15) is 10.1 Å². The minimum absolute atomic E-state index is 0. The number of benzene rings is 1. The Hall–Kier alpha value is -0.770. The van der Waals surface area contributed by atoms with Crippen LogP contribution in [0.15, 0.2) is 23.1 Å². The summed E-state index contributed by atoms with van der Waals surface area (Å²) in [6, 6.07) is 3.15. The second-order valence-corrected chi connectivity index (χ2v) is 4.32. The molecule has 0 saturated carbocycles. The van der Waals surface area contributed by atoms with Crippen LogP contribution in [0.25, 0.3) is 0 Å². The molecule has 0 bridgehead atoms. The molecule has 7 nitrogen and oxygen atoms in total. The molecule has 1 aromatic rings. The summed E-state index contributed by atoms with van der Waals surface area (Å²) < 4.78 is 31.9. The number of amides is 1. The molecular formula is C8H6NNaO6S. The molecule has 9 heteroatoms. The first-order valence-electron chi connectivity index (χ1n) is 3.85. The average molecular weight is 267 g/mol. The first-order valence-corrected chi connectivity index (χ1v) is 5.26. The van der Waals surface area contributed by atoms with E-state index in [4.69, 9.17) is 0 Å². The molecular weight excluding hydrogens is 261 g/mol. The van der Waals surface area contributed by atoms with Gasteiger partial charge in [-0.05, 0) is 18.2 Å². The number of hydrogen-bond acceptors (Lipinski definition) is 5. The van der Waals surface area contributed by atoms with Crippen LogP contribution in [-0.2, 0) is 14.9 Å². The van der Waals surface area contributed by atoms with Crippen molar-refractivity contribution in [2.24, 2.45) is 0 Å². The summed E-state index contributed by atoms with van der Waals surface area (Å²) in [5.74, 6) is -1.67. The largest absolute Gasteiger partial charge is 1.00 e. The van der Waals surface area contributed by atoms with Gasteiger partial charge < -0.3 is 15.3 Å². The van der Waals surface area contributed by atoms with Crippen molar-refractivity contribution >= 4 is 27.5 Å². The third-order valence-corrected chi connectivity index (χ3v) is 2.81. The summed E-state index contributed by atoms with van der Waals surface area (Å²) in [4.78, 5) is 21.5. The van der Waals surface area contributed by atoms with Gasteiger partial charge in [0.15, 0.2) is 0 Å². The summed E-state index contributed by atoms with van der Waals surface area (Å²) in [5, 5.41) is 2.24. The van der Waals surface area contributed by atoms with E-state index < -0.39 is 26.7 Å². The van der Waals surface area contributed by atoms with Crippen molar-refractivity contribution in [2.75, 3.05) is 5.32 Å². The Balaban J connectivity index is 0.00000128. The fourth-order valence-corrected chi connectivity index (χ4v) is 1.77. The van der Waals surface area contributed by atoms with Crippen LogP contribution in [0.3, 0.4) is 0 Å². The van der Waals surface area contributed by atoms with Crippen LogP contribution >= 0.6 is 0 Å². The Morgan fingerprint density at radius 3 is 2.29 bits per heavy atom. The number of fused-ring (bicyclic) bond motifs is 1. The van der Waals surface area contributed by atoms with Crippen molar-refractivity contribution in [3.63, 3.8) is 0 Å². The summed E-state index contributed by atoms with van der Waals surface area (Å²) in [6.45, 7) is 0. The first-order chi connectivity index (χ1) is 6.89. The Morgan fingerprint density at radius 1 is 1.18 bits per heavy atom. The molecule has 0 unspecified atom stereocenters. The molecule has 1 aromatic carbocycles. The van der Waals surface area contributed by atoms with Gasteiger partial charge in [0.05, 0.1) is 16.1 Å². The minimum atomic E-state index is -4.61. The molecule has 0 radical (unpaired) electrons. The van der Waals surface area contributed by atoms with Crippen LogP contribution in [0, 0.1) is 0 Å². The summed E-state index contributed by atoms with van der Waals surface area (Å²) in [6.07, 6.45) is 0. The molecule has 1 amide bonds. The Kier molecular flexibility index (Phi) is 5.02. The Morgan fingerprint density at radius 2 is 1.76 bits per heavy atom. The molecule has 0 spiro atoms. The molecule has 3 N–H and O–H groups in total. The molecule has 1 heterocycles. The maximum atomic E-state index is 11.2. The Bertz CT molecular complexity index is 582. The van der Waals surface area contributed by atoms with Crippen LogP contribution in [-0.4, -0.2) is 30.1 Å². The molecule has 0 aromatic heterocycles. The van der Waals surface area contributed by atoms with E-state index in [2.05, 4.69) is 5.32 Å². The van der Waals surface area contributed by atoms with E-state index in [0.29, 0.717) is 0 Å². The number of hydrogen-bond donors (Lipinski definition) is 1. The van der Waals surface area contributed by atoms with Crippen molar-refractivity contribution in [1.29, 1.82) is 0 Å². The molecule has 86 valence electrons. The van der Waals surface area contributed by atoms with Gasteiger partial charge in [-0.3, -0.25) is 9.59 Å². The fraction of sp³-hybridized carbons (Fsp3) is 0. The van der Waals surface area contributed by atoms with Gasteiger partial charge in [0, 0.05) is 0 Å². The van der Waals surface area contributed by atoms with Crippen LogP contribution in [0.2, 0.25) is 0 Å². The van der Waals surface area contributed by atoms with Gasteiger partial charge in [-0.2, -0.15) is 0 Å². The Labute approximate surface area is 119 Å². The fourth-order valence-electron chi connectivity index (χ4n) is 1.28. The van der Waals surface area contributed by atoms with Crippen LogP contribution < -0.4 is 34.9 Å². The minimum Gasteiger partial charge on any atom is -0.744 e. The van der Waals surface area contributed by atoms with E-state index in [9.17, 15) is 22.6 Å². The van der Waals surface area contributed by atoms with Crippen molar-refractivity contribution in [3.05, 3.63) is 23.8 Å². The molecule has 2 rings (SSSR count). The second kappa shape index (κ2) is 5.25. The number of nitrogens with one attached hydrogen (secondary N) is 1. The van der Waals surface area contributed by atoms with Crippen LogP contribution in [0.5, 0.6) is 0 Å². The monoisotopic (exact) mass is 267 g/mol. The molecule has 0 aliphatic carbocycles. The second-order valence-electron chi connectivity index (χ2n) is 2.94. The third-order valence-electron chi connectivity index (χ3n) is 1.98. The molecule has 0 fully saturated rings. The van der Waals surface area contributed by atoms with E-state index >= 15 is 0 Å². The van der Waals surface area contributed by atoms with Gasteiger partial charge >= 0.3 is 29.6 Å². The number of rotatable bonds is 1. The van der Waals surface area contributed by atoms with Crippen molar-refractivity contribution in [3.8, 4) is 0 Å². The molecule has 17 heavy (non-hydrogen) atoms. The van der Waals surface area contributed by atoms with Gasteiger partial charge in [-0.25, -0.2) is 8.42 Å². The standard InChI is InChI=1S/C8H5NO5S.Na.H2O/c10-7-5-3-4(15(12,13)14)1-2-6(5)9-8(7)11;;/h1-3H,(H,9,10,11)(H,12,13,14);;1H2/q;+1;/p-1. The van der Waals surface area contributed by atoms with E-state index in [1.54, 1.807) is 0 Å². The van der Waals surface area contributed by atoms with Gasteiger partial charge in [0.2, 0.25) is 0 Å². The van der Waals surface area contributed by atoms with E-state index in [1.165, 1.54) is 6.07 Å². The number of carbonyl (C=O) groups is 2. The van der Waals surface area contributed by atoms with Gasteiger partial charge in [0.25, 0.3) is 11.7 Å². The van der Waals surface area contributed by atoms with E-state index in [-0.39, 0.29) is 46.3 Å². The third kappa shape index (κ3) is 2.92. The zero-order chi connectivity index (χ0) is 11.2. The van der Waals surface area contributed by atoms with Crippen molar-refractivity contribution in [1.82, 2.24) is 0 Å². The first kappa shape index (κ1) is 16.2. The van der Waals surface area contributed by atoms with Gasteiger partial charge in [-0.1, -0.05) is 0 Å². The zero-order valence-corrected chi connectivity index (χ0v) is 11.5. The molecule has 1 aliphatic rings. The summed E-state index contributed by atoms with van der Waals surface area (Å²) in [7, 11) is -4.61. The van der Waals surface area contributed by atoms with E-state index in [1.807, 2.05) is 0 Å². The van der Waals surface area contributed by atoms with Crippen molar-refractivity contribution < 1.29 is 57.6 Å². The predicted octanol–water partition coefficient (Wildman–Crippen LogP) is -4.10. The smallest absolute Gasteiger partial charge is 0.744 e. The maximum absolute atomic E-state index is 11.2. The molecule has 0 saturated heterocycles. The maximum Gasteiger partial charge on any atom is 1.00 e. The number of Topliss-reactive ketones (excluding diaryl/α,β-unsaturated/α-hetero) is 1. The van der Waals surface area contributed by atoms with Crippen molar-refractivity contribution in [2.45, 2.75) is 4.90 Å².